The second kappa shape index (κ2) is 5.39. The summed E-state index contributed by atoms with van der Waals surface area (Å²) >= 11 is 0. The Bertz CT molecular complexity index is 326. The van der Waals surface area contributed by atoms with Crippen molar-refractivity contribution in [2.75, 3.05) is 20.2 Å². The quantitative estimate of drug-likeness (QED) is 0.815. The van der Waals surface area contributed by atoms with Crippen molar-refractivity contribution >= 4 is 0 Å². The highest BCUT2D eigenvalue weighted by Gasteiger charge is 2.21. The minimum absolute atomic E-state index is 0.392. The van der Waals surface area contributed by atoms with Gasteiger partial charge in [-0.1, -0.05) is 6.07 Å². The summed E-state index contributed by atoms with van der Waals surface area (Å²) in [7, 11) is 1.78. The van der Waals surface area contributed by atoms with Gasteiger partial charge < -0.3 is 10.5 Å². The summed E-state index contributed by atoms with van der Waals surface area (Å²) < 4.78 is 5.34. The third-order valence-corrected chi connectivity index (χ3v) is 3.07. The molecular formula is C12H19N3O. The number of pyridine rings is 1. The molecule has 4 heteroatoms. The SMILES string of the molecule is COC1CCN(Cc2ccc(CN)cn2)C1. The number of hydrogen-bond donors (Lipinski definition) is 1. The molecule has 1 fully saturated rings. The smallest absolute Gasteiger partial charge is 0.0710 e. The molecule has 0 bridgehead atoms. The molecule has 0 spiro atoms. The van der Waals surface area contributed by atoms with E-state index in [9.17, 15) is 0 Å². The summed E-state index contributed by atoms with van der Waals surface area (Å²) in [5, 5.41) is 0. The third kappa shape index (κ3) is 2.78. The van der Waals surface area contributed by atoms with Gasteiger partial charge >= 0.3 is 0 Å². The predicted molar refractivity (Wildman–Crippen MR) is 62.8 cm³/mol. The lowest BCUT2D eigenvalue weighted by molar-refractivity contribution is 0.107. The summed E-state index contributed by atoms with van der Waals surface area (Å²) in [6.07, 6.45) is 3.37. The summed E-state index contributed by atoms with van der Waals surface area (Å²) in [5.74, 6) is 0. The largest absolute Gasteiger partial charge is 0.380 e. The van der Waals surface area contributed by atoms with Gasteiger partial charge in [0.05, 0.1) is 11.8 Å². The average molecular weight is 221 g/mol. The summed E-state index contributed by atoms with van der Waals surface area (Å²) in [5.41, 5.74) is 7.72. The minimum Gasteiger partial charge on any atom is -0.380 e. The number of nitrogens with two attached hydrogens (primary N) is 1. The number of nitrogens with zero attached hydrogens (tertiary/aromatic N) is 2. The first-order valence-electron chi connectivity index (χ1n) is 5.71. The maximum atomic E-state index is 5.53. The number of ether oxygens (including phenoxy) is 1. The molecular weight excluding hydrogens is 202 g/mol. The minimum atomic E-state index is 0.392. The third-order valence-electron chi connectivity index (χ3n) is 3.07. The molecule has 0 aromatic carbocycles. The topological polar surface area (TPSA) is 51.4 Å². The van der Waals surface area contributed by atoms with Crippen LogP contribution in [0.1, 0.15) is 17.7 Å². The monoisotopic (exact) mass is 221 g/mol. The van der Waals surface area contributed by atoms with E-state index in [1.807, 2.05) is 12.3 Å². The maximum absolute atomic E-state index is 5.53. The molecule has 4 nitrogen and oxygen atoms in total. The fraction of sp³-hybridized carbons (Fsp3) is 0.583. The normalized spacial score (nSPS) is 21.5. The van der Waals surface area contributed by atoms with Gasteiger partial charge in [0.25, 0.3) is 0 Å². The first-order valence-corrected chi connectivity index (χ1v) is 5.71. The van der Waals surface area contributed by atoms with Crippen molar-refractivity contribution < 1.29 is 4.74 Å². The van der Waals surface area contributed by atoms with Crippen LogP contribution in [0, 0.1) is 0 Å². The van der Waals surface area contributed by atoms with Crippen LogP contribution in [-0.4, -0.2) is 36.2 Å². The molecule has 1 atom stereocenters. The molecule has 1 aromatic rings. The van der Waals surface area contributed by atoms with E-state index in [0.717, 1.165) is 37.3 Å². The van der Waals surface area contributed by atoms with Crippen molar-refractivity contribution in [3.63, 3.8) is 0 Å². The van der Waals surface area contributed by atoms with Crippen molar-refractivity contribution in [3.8, 4) is 0 Å². The van der Waals surface area contributed by atoms with Crippen molar-refractivity contribution in [1.82, 2.24) is 9.88 Å². The average Bonchev–Trinajstić information content (AvgIpc) is 2.78. The maximum Gasteiger partial charge on any atom is 0.0710 e. The van der Waals surface area contributed by atoms with E-state index in [1.165, 1.54) is 0 Å². The van der Waals surface area contributed by atoms with Crippen LogP contribution < -0.4 is 5.73 Å². The highest BCUT2D eigenvalue weighted by molar-refractivity contribution is 5.13. The Morgan fingerprint density at radius 1 is 1.56 bits per heavy atom. The second-order valence-electron chi connectivity index (χ2n) is 4.24. The van der Waals surface area contributed by atoms with Crippen molar-refractivity contribution in [2.45, 2.75) is 25.6 Å². The van der Waals surface area contributed by atoms with Gasteiger partial charge in [0, 0.05) is 39.5 Å². The second-order valence-corrected chi connectivity index (χ2v) is 4.24. The zero-order valence-corrected chi connectivity index (χ0v) is 9.72. The molecule has 1 unspecified atom stereocenters. The fourth-order valence-electron chi connectivity index (χ4n) is 2.03. The molecule has 16 heavy (non-hydrogen) atoms. The van der Waals surface area contributed by atoms with Gasteiger partial charge in [-0.15, -0.1) is 0 Å². The van der Waals surface area contributed by atoms with Gasteiger partial charge in [-0.25, -0.2) is 0 Å². The number of hydrogen-bond acceptors (Lipinski definition) is 4. The first kappa shape index (κ1) is 11.5. The van der Waals surface area contributed by atoms with Crippen LogP contribution in [0.15, 0.2) is 18.3 Å². The molecule has 1 aliphatic rings. The Kier molecular flexibility index (Phi) is 3.88. The Morgan fingerprint density at radius 2 is 2.44 bits per heavy atom. The van der Waals surface area contributed by atoms with Crippen LogP contribution in [0.25, 0.3) is 0 Å². The van der Waals surface area contributed by atoms with Gasteiger partial charge in [0.2, 0.25) is 0 Å². The molecule has 2 heterocycles. The van der Waals surface area contributed by atoms with Gasteiger partial charge in [-0.05, 0) is 18.1 Å². The lowest BCUT2D eigenvalue weighted by Gasteiger charge is -2.14. The molecule has 0 radical (unpaired) electrons. The first-order chi connectivity index (χ1) is 7.81. The summed E-state index contributed by atoms with van der Waals surface area (Å²) in [4.78, 5) is 6.78. The molecule has 88 valence electrons. The van der Waals surface area contributed by atoms with Gasteiger partial charge in [0.15, 0.2) is 0 Å². The highest BCUT2D eigenvalue weighted by Crippen LogP contribution is 2.14. The van der Waals surface area contributed by atoms with E-state index in [4.69, 9.17) is 10.5 Å². The van der Waals surface area contributed by atoms with Gasteiger partial charge in [-0.3, -0.25) is 9.88 Å². The Morgan fingerprint density at radius 3 is 3.00 bits per heavy atom. The van der Waals surface area contributed by atoms with Crippen LogP contribution in [0.2, 0.25) is 0 Å². The lowest BCUT2D eigenvalue weighted by Crippen LogP contribution is -2.22. The Hall–Kier alpha value is -0.970. The van der Waals surface area contributed by atoms with Gasteiger partial charge in [0.1, 0.15) is 0 Å². The number of methoxy groups -OCH3 is 1. The molecule has 1 aromatic heterocycles. The van der Waals surface area contributed by atoms with Gasteiger partial charge in [-0.2, -0.15) is 0 Å². The van der Waals surface area contributed by atoms with E-state index < -0.39 is 0 Å². The highest BCUT2D eigenvalue weighted by atomic mass is 16.5. The van der Waals surface area contributed by atoms with E-state index in [1.54, 1.807) is 7.11 Å². The molecule has 0 aliphatic carbocycles. The van der Waals surface area contributed by atoms with Crippen LogP contribution >= 0.6 is 0 Å². The van der Waals surface area contributed by atoms with Crippen LogP contribution in [0.5, 0.6) is 0 Å². The Labute approximate surface area is 96.4 Å². The van der Waals surface area contributed by atoms with E-state index in [2.05, 4.69) is 16.0 Å². The lowest BCUT2D eigenvalue weighted by atomic mass is 10.2. The van der Waals surface area contributed by atoms with E-state index in [-0.39, 0.29) is 0 Å². The van der Waals surface area contributed by atoms with E-state index in [0.29, 0.717) is 12.6 Å². The van der Waals surface area contributed by atoms with Crippen molar-refractivity contribution in [3.05, 3.63) is 29.6 Å². The fourth-order valence-corrected chi connectivity index (χ4v) is 2.03. The molecule has 2 N–H and O–H groups in total. The zero-order chi connectivity index (χ0) is 11.4. The predicted octanol–water partition coefficient (Wildman–Crippen LogP) is 0.761. The molecule has 1 aliphatic heterocycles. The zero-order valence-electron chi connectivity index (χ0n) is 9.72. The summed E-state index contributed by atoms with van der Waals surface area (Å²) in [6.45, 7) is 3.57. The molecule has 1 saturated heterocycles. The van der Waals surface area contributed by atoms with Crippen molar-refractivity contribution in [2.24, 2.45) is 5.73 Å². The molecule has 2 rings (SSSR count). The van der Waals surface area contributed by atoms with Crippen molar-refractivity contribution in [1.29, 1.82) is 0 Å². The number of rotatable bonds is 4. The van der Waals surface area contributed by atoms with E-state index >= 15 is 0 Å². The number of aromatic nitrogens is 1. The Balaban J connectivity index is 1.89. The van der Waals surface area contributed by atoms with Crippen LogP contribution in [0.4, 0.5) is 0 Å². The number of likely N-dealkylation sites (tertiary alicyclic amines) is 1. The summed E-state index contributed by atoms with van der Waals surface area (Å²) in [6, 6.07) is 4.11. The standard InChI is InChI=1S/C12H19N3O/c1-16-12-4-5-15(9-12)8-11-3-2-10(6-13)7-14-11/h2-3,7,12H,4-6,8-9,13H2,1H3. The van der Waals surface area contributed by atoms with Crippen LogP contribution in [-0.2, 0) is 17.8 Å². The van der Waals surface area contributed by atoms with Crippen LogP contribution in [0.3, 0.4) is 0 Å². The molecule has 0 amide bonds. The molecule has 0 saturated carbocycles.